The molecule has 1 aromatic carbocycles. The number of aromatic nitrogens is 3. The molecule has 0 aliphatic carbocycles. The quantitative estimate of drug-likeness (QED) is 0.799. The number of aryl methyl sites for hydroxylation is 3. The lowest BCUT2D eigenvalue weighted by Crippen LogP contribution is -2.27. The van der Waals surface area contributed by atoms with Crippen LogP contribution in [-0.2, 0) is 6.54 Å². The van der Waals surface area contributed by atoms with Gasteiger partial charge in [-0.05, 0) is 39.3 Å². The fraction of sp³-hybridized carbons (Fsp3) is 0.316. The van der Waals surface area contributed by atoms with Crippen molar-refractivity contribution in [3.63, 3.8) is 0 Å². The van der Waals surface area contributed by atoms with Crippen LogP contribution in [0.4, 0.5) is 0 Å². The van der Waals surface area contributed by atoms with Gasteiger partial charge in [0.25, 0.3) is 5.91 Å². The van der Waals surface area contributed by atoms with E-state index in [-0.39, 0.29) is 11.9 Å². The highest BCUT2D eigenvalue weighted by molar-refractivity contribution is 6.06. The van der Waals surface area contributed by atoms with Crippen LogP contribution < -0.4 is 5.32 Å². The number of hydrogen-bond donors (Lipinski definition) is 1. The van der Waals surface area contributed by atoms with Crippen molar-refractivity contribution in [1.29, 1.82) is 0 Å². The summed E-state index contributed by atoms with van der Waals surface area (Å²) in [7, 11) is 0. The van der Waals surface area contributed by atoms with Crippen molar-refractivity contribution in [2.45, 2.75) is 40.3 Å². The first kappa shape index (κ1) is 16.2. The number of rotatable bonds is 4. The van der Waals surface area contributed by atoms with E-state index in [2.05, 4.69) is 15.4 Å². The van der Waals surface area contributed by atoms with Crippen LogP contribution in [0, 0.1) is 13.8 Å². The molecule has 0 radical (unpaired) electrons. The Morgan fingerprint density at radius 3 is 2.62 bits per heavy atom. The van der Waals surface area contributed by atoms with Gasteiger partial charge < -0.3 is 5.32 Å². The van der Waals surface area contributed by atoms with Gasteiger partial charge in [-0.3, -0.25) is 4.79 Å². The molecule has 0 bridgehead atoms. The summed E-state index contributed by atoms with van der Waals surface area (Å²) in [4.78, 5) is 17.4. The second kappa shape index (κ2) is 6.43. The highest BCUT2D eigenvalue weighted by atomic mass is 16.1. The Morgan fingerprint density at radius 2 is 1.96 bits per heavy atom. The van der Waals surface area contributed by atoms with Gasteiger partial charge in [-0.25, -0.2) is 9.67 Å². The number of pyridine rings is 1. The molecule has 0 saturated heterocycles. The Kier molecular flexibility index (Phi) is 4.34. The van der Waals surface area contributed by atoms with Crippen LogP contribution in [0.25, 0.3) is 11.0 Å². The largest absolute Gasteiger partial charge is 0.345 e. The fourth-order valence-corrected chi connectivity index (χ4v) is 2.98. The predicted octanol–water partition coefficient (Wildman–Crippen LogP) is 3.56. The number of amides is 1. The third-order valence-corrected chi connectivity index (χ3v) is 4.20. The van der Waals surface area contributed by atoms with Crippen LogP contribution in [0.2, 0.25) is 0 Å². The summed E-state index contributed by atoms with van der Waals surface area (Å²) in [5.41, 5.74) is 4.13. The van der Waals surface area contributed by atoms with Crippen molar-refractivity contribution in [2.75, 3.05) is 0 Å². The number of carbonyl (C=O) groups excluding carboxylic acids is 1. The normalized spacial score (nSPS) is 12.3. The van der Waals surface area contributed by atoms with Gasteiger partial charge in [0.15, 0.2) is 5.65 Å². The Balaban J connectivity index is 1.99. The lowest BCUT2D eigenvalue weighted by atomic mass is 10.1. The van der Waals surface area contributed by atoms with E-state index in [1.807, 2.05) is 68.8 Å². The number of fused-ring (bicyclic) bond motifs is 1. The van der Waals surface area contributed by atoms with Gasteiger partial charge in [-0.2, -0.15) is 5.10 Å². The third kappa shape index (κ3) is 2.89. The smallest absolute Gasteiger partial charge is 0.252 e. The number of benzene rings is 1. The summed E-state index contributed by atoms with van der Waals surface area (Å²) in [5.74, 6) is -0.0967. The second-order valence-corrected chi connectivity index (χ2v) is 6.02. The lowest BCUT2D eigenvalue weighted by molar-refractivity contribution is 0.0941. The highest BCUT2D eigenvalue weighted by Crippen LogP contribution is 2.23. The standard InChI is InChI=1S/C19H22N4O/c1-5-23-18-17(14(4)22-23)16(11-12(2)20-18)19(24)21-13(3)15-9-7-6-8-10-15/h6-11,13H,5H2,1-4H3,(H,21,24). The Morgan fingerprint density at radius 1 is 1.25 bits per heavy atom. The number of nitrogens with one attached hydrogen (secondary N) is 1. The van der Waals surface area contributed by atoms with Gasteiger partial charge in [0.05, 0.1) is 22.7 Å². The van der Waals surface area contributed by atoms with Crippen LogP contribution in [0.1, 0.15) is 47.2 Å². The molecule has 2 heterocycles. The molecule has 1 amide bonds. The van der Waals surface area contributed by atoms with Gasteiger partial charge >= 0.3 is 0 Å². The zero-order chi connectivity index (χ0) is 17.3. The molecule has 1 unspecified atom stereocenters. The van der Waals surface area contributed by atoms with Crippen LogP contribution in [0.3, 0.4) is 0 Å². The van der Waals surface area contributed by atoms with Crippen LogP contribution in [0.5, 0.6) is 0 Å². The van der Waals surface area contributed by atoms with E-state index in [1.54, 1.807) is 0 Å². The maximum absolute atomic E-state index is 12.9. The van der Waals surface area contributed by atoms with Crippen molar-refractivity contribution in [1.82, 2.24) is 20.1 Å². The second-order valence-electron chi connectivity index (χ2n) is 6.02. The van der Waals surface area contributed by atoms with Gasteiger partial charge in [-0.15, -0.1) is 0 Å². The van der Waals surface area contributed by atoms with Crippen molar-refractivity contribution >= 4 is 16.9 Å². The number of hydrogen-bond acceptors (Lipinski definition) is 3. The molecule has 3 aromatic rings. The van der Waals surface area contributed by atoms with Gasteiger partial charge in [0.2, 0.25) is 0 Å². The molecular weight excluding hydrogens is 300 g/mol. The average molecular weight is 322 g/mol. The molecule has 0 aliphatic rings. The molecule has 2 aromatic heterocycles. The molecule has 5 heteroatoms. The maximum atomic E-state index is 12.9. The Labute approximate surface area is 141 Å². The third-order valence-electron chi connectivity index (χ3n) is 4.20. The molecule has 1 atom stereocenters. The first-order chi connectivity index (χ1) is 11.5. The van der Waals surface area contributed by atoms with E-state index >= 15 is 0 Å². The number of nitrogens with zero attached hydrogens (tertiary/aromatic N) is 3. The molecule has 3 rings (SSSR count). The van der Waals surface area contributed by atoms with Crippen molar-refractivity contribution in [3.8, 4) is 0 Å². The topological polar surface area (TPSA) is 59.8 Å². The lowest BCUT2D eigenvalue weighted by Gasteiger charge is -2.15. The summed E-state index contributed by atoms with van der Waals surface area (Å²) in [5, 5.41) is 8.42. The fourth-order valence-electron chi connectivity index (χ4n) is 2.98. The maximum Gasteiger partial charge on any atom is 0.252 e. The van der Waals surface area contributed by atoms with Gasteiger partial charge in [-0.1, -0.05) is 30.3 Å². The van der Waals surface area contributed by atoms with Crippen LogP contribution in [-0.4, -0.2) is 20.7 Å². The molecule has 0 spiro atoms. The molecule has 0 aliphatic heterocycles. The van der Waals surface area contributed by atoms with Gasteiger partial charge in [0.1, 0.15) is 0 Å². The molecule has 1 N–H and O–H groups in total. The SMILES string of the molecule is CCn1nc(C)c2c(C(=O)NC(C)c3ccccc3)cc(C)nc21. The predicted molar refractivity (Wildman–Crippen MR) is 95.0 cm³/mol. The highest BCUT2D eigenvalue weighted by Gasteiger charge is 2.19. The molecule has 24 heavy (non-hydrogen) atoms. The minimum absolute atomic E-state index is 0.0660. The van der Waals surface area contributed by atoms with Crippen LogP contribution >= 0.6 is 0 Å². The monoisotopic (exact) mass is 322 g/mol. The van der Waals surface area contributed by atoms with E-state index < -0.39 is 0 Å². The van der Waals surface area contributed by atoms with Crippen molar-refractivity contribution < 1.29 is 4.79 Å². The zero-order valence-corrected chi connectivity index (χ0v) is 14.5. The molecule has 0 saturated carbocycles. The first-order valence-electron chi connectivity index (χ1n) is 8.21. The summed E-state index contributed by atoms with van der Waals surface area (Å²) >= 11 is 0. The molecule has 0 fully saturated rings. The van der Waals surface area contributed by atoms with Gasteiger partial charge in [0, 0.05) is 12.2 Å². The van der Waals surface area contributed by atoms with E-state index in [4.69, 9.17) is 0 Å². The van der Waals surface area contributed by atoms with Crippen molar-refractivity contribution in [3.05, 3.63) is 58.9 Å². The number of carbonyl (C=O) groups is 1. The van der Waals surface area contributed by atoms with E-state index in [1.165, 1.54) is 0 Å². The molecular formula is C19H22N4O. The van der Waals surface area contributed by atoms with Crippen molar-refractivity contribution in [2.24, 2.45) is 0 Å². The minimum Gasteiger partial charge on any atom is -0.345 e. The molecule has 5 nitrogen and oxygen atoms in total. The summed E-state index contributed by atoms with van der Waals surface area (Å²) in [6.07, 6.45) is 0. The average Bonchev–Trinajstić information content (AvgIpc) is 2.90. The summed E-state index contributed by atoms with van der Waals surface area (Å²) < 4.78 is 1.84. The van der Waals surface area contributed by atoms with E-state index in [0.29, 0.717) is 5.56 Å². The first-order valence-corrected chi connectivity index (χ1v) is 8.21. The minimum atomic E-state index is -0.0967. The summed E-state index contributed by atoms with van der Waals surface area (Å²) in [6, 6.07) is 11.7. The van der Waals surface area contributed by atoms with Crippen LogP contribution in [0.15, 0.2) is 36.4 Å². The van der Waals surface area contributed by atoms with E-state index in [9.17, 15) is 4.79 Å². The molecule has 124 valence electrons. The van der Waals surface area contributed by atoms with E-state index in [0.717, 1.165) is 34.5 Å². The zero-order valence-electron chi connectivity index (χ0n) is 14.5. The Hall–Kier alpha value is -2.69. The summed E-state index contributed by atoms with van der Waals surface area (Å²) in [6.45, 7) is 8.55. The Bertz CT molecular complexity index is 883.